The number of esters is 1. The van der Waals surface area contributed by atoms with Crippen molar-refractivity contribution in [1.82, 2.24) is 4.57 Å². The molecule has 4 rings (SSSR count). The molecule has 1 aliphatic carbocycles. The van der Waals surface area contributed by atoms with E-state index in [0.29, 0.717) is 0 Å². The zero-order chi connectivity index (χ0) is 17.4. The molecule has 0 radical (unpaired) electrons. The summed E-state index contributed by atoms with van der Waals surface area (Å²) in [5, 5.41) is 10.4. The van der Waals surface area contributed by atoms with Gasteiger partial charge in [-0.25, -0.2) is 4.79 Å². The van der Waals surface area contributed by atoms with Crippen LogP contribution >= 0.6 is 0 Å². The van der Waals surface area contributed by atoms with E-state index < -0.39 is 17.7 Å². The molecule has 1 fully saturated rings. The van der Waals surface area contributed by atoms with Crippen LogP contribution in [0.3, 0.4) is 0 Å². The molecule has 1 aliphatic heterocycles. The fraction of sp³-hybridized carbons (Fsp3) is 0.400. The van der Waals surface area contributed by atoms with E-state index in [1.165, 1.54) is 4.57 Å². The molecule has 130 valence electrons. The summed E-state index contributed by atoms with van der Waals surface area (Å²) >= 11 is 0. The fourth-order valence-electron chi connectivity index (χ4n) is 4.04. The number of rotatable bonds is 3. The zero-order valence-corrected chi connectivity index (χ0v) is 14.0. The van der Waals surface area contributed by atoms with Crippen LogP contribution in [0.15, 0.2) is 47.4 Å². The Morgan fingerprint density at radius 3 is 2.52 bits per heavy atom. The molecule has 1 unspecified atom stereocenters. The van der Waals surface area contributed by atoms with E-state index in [-0.39, 0.29) is 17.7 Å². The fourth-order valence-corrected chi connectivity index (χ4v) is 4.04. The van der Waals surface area contributed by atoms with Gasteiger partial charge in [-0.15, -0.1) is 0 Å². The smallest absolute Gasteiger partial charge is 0.345 e. The lowest BCUT2D eigenvalue weighted by atomic mass is 9.80. The van der Waals surface area contributed by atoms with Gasteiger partial charge in [-0.2, -0.15) is 0 Å². The van der Waals surface area contributed by atoms with Crippen molar-refractivity contribution in [3.8, 4) is 0 Å². The lowest BCUT2D eigenvalue weighted by molar-refractivity contribution is -0.0280. The molecule has 25 heavy (non-hydrogen) atoms. The summed E-state index contributed by atoms with van der Waals surface area (Å²) in [4.78, 5) is 25.2. The third-order valence-corrected chi connectivity index (χ3v) is 5.36. The van der Waals surface area contributed by atoms with Crippen molar-refractivity contribution < 1.29 is 14.6 Å². The van der Waals surface area contributed by atoms with Crippen LogP contribution in [-0.2, 0) is 16.9 Å². The minimum atomic E-state index is -0.807. The number of fused-ring (bicyclic) bond motifs is 2. The van der Waals surface area contributed by atoms with Gasteiger partial charge in [0.1, 0.15) is 11.2 Å². The Bertz CT molecular complexity index is 850. The predicted molar refractivity (Wildman–Crippen MR) is 92.3 cm³/mol. The number of ether oxygens (including phenoxy) is 1. The minimum Gasteiger partial charge on any atom is -0.450 e. The number of hydrogen-bond acceptors (Lipinski definition) is 4. The first-order valence-corrected chi connectivity index (χ1v) is 8.81. The molecule has 0 bridgehead atoms. The first kappa shape index (κ1) is 16.1. The first-order chi connectivity index (χ1) is 12.1. The summed E-state index contributed by atoms with van der Waals surface area (Å²) in [6.45, 7) is 0.108. The number of nitrogens with zero attached hydrogens (tertiary/aromatic N) is 1. The Labute approximate surface area is 145 Å². The third-order valence-electron chi connectivity index (χ3n) is 5.36. The Balaban J connectivity index is 1.68. The van der Waals surface area contributed by atoms with Crippen molar-refractivity contribution in [3.05, 3.63) is 69.6 Å². The molecule has 2 aromatic rings. The summed E-state index contributed by atoms with van der Waals surface area (Å²) in [5.41, 5.74) is 0.625. The van der Waals surface area contributed by atoms with E-state index in [2.05, 4.69) is 0 Å². The average Bonchev–Trinajstić information content (AvgIpc) is 2.90. The normalized spacial score (nSPS) is 19.5. The maximum Gasteiger partial charge on any atom is 0.345 e. The highest BCUT2D eigenvalue weighted by Gasteiger charge is 2.47. The van der Waals surface area contributed by atoms with Crippen LogP contribution in [0, 0.1) is 0 Å². The maximum atomic E-state index is 12.8. The topological polar surface area (TPSA) is 68.5 Å². The molecule has 1 spiro atoms. The van der Waals surface area contributed by atoms with Gasteiger partial charge in [0.05, 0.1) is 12.6 Å². The number of aliphatic hydroxyl groups is 1. The van der Waals surface area contributed by atoms with Gasteiger partial charge in [-0.1, -0.05) is 36.8 Å². The van der Waals surface area contributed by atoms with Gasteiger partial charge in [0, 0.05) is 11.8 Å². The lowest BCUT2D eigenvalue weighted by Crippen LogP contribution is -2.30. The van der Waals surface area contributed by atoms with Crippen LogP contribution in [0.4, 0.5) is 0 Å². The molecule has 1 aromatic heterocycles. The second-order valence-corrected chi connectivity index (χ2v) is 6.93. The molecule has 0 amide bonds. The van der Waals surface area contributed by atoms with Crippen molar-refractivity contribution >= 4 is 5.97 Å². The van der Waals surface area contributed by atoms with Crippen LogP contribution in [0.25, 0.3) is 0 Å². The quantitative estimate of drug-likeness (QED) is 0.873. The summed E-state index contributed by atoms with van der Waals surface area (Å²) < 4.78 is 7.07. The Morgan fingerprint density at radius 2 is 1.80 bits per heavy atom. The van der Waals surface area contributed by atoms with Gasteiger partial charge in [0.15, 0.2) is 0 Å². The summed E-state index contributed by atoms with van der Waals surface area (Å²) in [6.07, 6.45) is 5.56. The molecule has 5 heteroatoms. The molecular formula is C20H21NO4. The van der Waals surface area contributed by atoms with Gasteiger partial charge in [0.2, 0.25) is 0 Å². The Morgan fingerprint density at radius 1 is 1.08 bits per heavy atom. The molecule has 1 atom stereocenters. The summed E-state index contributed by atoms with van der Waals surface area (Å²) in [7, 11) is 0. The molecular weight excluding hydrogens is 318 g/mol. The first-order valence-electron chi connectivity index (χ1n) is 8.81. The number of benzene rings is 1. The molecule has 1 aromatic carbocycles. The van der Waals surface area contributed by atoms with Crippen molar-refractivity contribution in [2.75, 3.05) is 0 Å². The number of hydrogen-bond donors (Lipinski definition) is 1. The Kier molecular flexibility index (Phi) is 3.96. The Hall–Kier alpha value is -2.40. The van der Waals surface area contributed by atoms with Crippen LogP contribution in [0.5, 0.6) is 0 Å². The van der Waals surface area contributed by atoms with Gasteiger partial charge in [0.25, 0.3) is 5.56 Å². The molecule has 1 N–H and O–H groups in total. The number of pyridine rings is 1. The monoisotopic (exact) mass is 339 g/mol. The predicted octanol–water partition coefficient (Wildman–Crippen LogP) is 2.91. The number of carbonyl (C=O) groups is 1. The summed E-state index contributed by atoms with van der Waals surface area (Å²) in [5.74, 6) is -0.523. The van der Waals surface area contributed by atoms with E-state index in [1.807, 2.05) is 36.4 Å². The highest BCUT2D eigenvalue weighted by atomic mass is 16.6. The van der Waals surface area contributed by atoms with Crippen LogP contribution in [0.1, 0.15) is 59.7 Å². The number of aromatic nitrogens is 1. The van der Waals surface area contributed by atoms with Crippen molar-refractivity contribution in [2.24, 2.45) is 0 Å². The standard InChI is InChI=1S/C20H21NO4/c22-16(14-7-3-1-4-8-14)13-21-12-9-15-17(18(21)23)19(24)25-20(15)10-5-2-6-11-20/h1,3-4,7-9,12,16,22H,2,5-6,10-11,13H2. The SMILES string of the molecule is O=C1OC2(CCCCC2)c2ccn(CC(O)c3ccccc3)c(=O)c21. The van der Waals surface area contributed by atoms with Crippen LogP contribution in [-0.4, -0.2) is 15.6 Å². The number of aliphatic hydroxyl groups excluding tert-OH is 1. The van der Waals surface area contributed by atoms with E-state index >= 15 is 0 Å². The molecule has 0 saturated heterocycles. The number of carbonyl (C=O) groups excluding carboxylic acids is 1. The van der Waals surface area contributed by atoms with Crippen LogP contribution < -0.4 is 5.56 Å². The van der Waals surface area contributed by atoms with Gasteiger partial charge in [-0.3, -0.25) is 4.79 Å². The second-order valence-electron chi connectivity index (χ2n) is 6.93. The zero-order valence-electron chi connectivity index (χ0n) is 14.0. The van der Waals surface area contributed by atoms with E-state index in [9.17, 15) is 14.7 Å². The molecule has 2 aliphatic rings. The minimum absolute atomic E-state index is 0.108. The molecule has 2 heterocycles. The molecule has 1 saturated carbocycles. The van der Waals surface area contributed by atoms with Gasteiger partial charge >= 0.3 is 5.97 Å². The van der Waals surface area contributed by atoms with Crippen molar-refractivity contribution in [1.29, 1.82) is 0 Å². The van der Waals surface area contributed by atoms with Crippen molar-refractivity contribution in [3.63, 3.8) is 0 Å². The second kappa shape index (κ2) is 6.15. The van der Waals surface area contributed by atoms with Gasteiger partial charge in [-0.05, 0) is 37.3 Å². The van der Waals surface area contributed by atoms with E-state index in [0.717, 1.165) is 43.2 Å². The third kappa shape index (κ3) is 2.68. The average molecular weight is 339 g/mol. The van der Waals surface area contributed by atoms with Crippen LogP contribution in [0.2, 0.25) is 0 Å². The summed E-state index contributed by atoms with van der Waals surface area (Å²) in [6, 6.07) is 11.0. The maximum absolute atomic E-state index is 12.8. The molecule has 5 nitrogen and oxygen atoms in total. The van der Waals surface area contributed by atoms with E-state index in [1.54, 1.807) is 6.20 Å². The van der Waals surface area contributed by atoms with Gasteiger partial charge < -0.3 is 14.4 Å². The van der Waals surface area contributed by atoms with Crippen molar-refractivity contribution in [2.45, 2.75) is 50.4 Å². The highest BCUT2D eigenvalue weighted by Crippen LogP contribution is 2.45. The lowest BCUT2D eigenvalue weighted by Gasteiger charge is -2.32. The largest absolute Gasteiger partial charge is 0.450 e. The highest BCUT2D eigenvalue weighted by molar-refractivity contribution is 5.94. The van der Waals surface area contributed by atoms with E-state index in [4.69, 9.17) is 4.74 Å².